The predicted molar refractivity (Wildman–Crippen MR) is 327 cm³/mol. The van der Waals surface area contributed by atoms with Crippen molar-refractivity contribution in [2.24, 2.45) is 0 Å². The third kappa shape index (κ3) is 46.7. The molecule has 0 spiro atoms. The van der Waals surface area contributed by atoms with Gasteiger partial charge < -0.3 is 40.3 Å². The monoisotopic (exact) mass is 1090 g/mol. The zero-order valence-corrected chi connectivity index (χ0v) is 50.7. The largest absolute Gasteiger partial charge is 0.394 e. The molecule has 9 heteroatoms. The Bertz CT molecular complexity index is 1310. The normalized spacial score (nSPS) is 18.9. The van der Waals surface area contributed by atoms with Crippen LogP contribution >= 0.6 is 0 Å². The van der Waals surface area contributed by atoms with Crippen molar-refractivity contribution in [1.29, 1.82) is 0 Å². The van der Waals surface area contributed by atoms with Gasteiger partial charge in [0.1, 0.15) is 24.4 Å². The Morgan fingerprint density at radius 3 is 1.12 bits per heavy atom. The minimum absolute atomic E-state index is 0.172. The number of carbonyl (C=O) groups excluding carboxylic acids is 1. The minimum Gasteiger partial charge on any atom is -0.394 e. The molecule has 0 aromatic heterocycles. The van der Waals surface area contributed by atoms with Gasteiger partial charge in [0.2, 0.25) is 5.91 Å². The maximum atomic E-state index is 13.1. The maximum Gasteiger partial charge on any atom is 0.220 e. The van der Waals surface area contributed by atoms with E-state index in [-0.39, 0.29) is 12.5 Å². The van der Waals surface area contributed by atoms with Gasteiger partial charge in [-0.2, -0.15) is 0 Å². The number of aliphatic hydroxyl groups is 5. The summed E-state index contributed by atoms with van der Waals surface area (Å²) in [5, 5.41) is 54.7. The van der Waals surface area contributed by atoms with E-state index in [1.807, 2.05) is 6.08 Å². The lowest BCUT2D eigenvalue weighted by molar-refractivity contribution is -0.302. The molecule has 0 aromatic rings. The number of hydrogen-bond donors (Lipinski definition) is 6. The average Bonchev–Trinajstić information content (AvgIpc) is 3.43. The highest BCUT2D eigenvalue weighted by Crippen LogP contribution is 2.23. The van der Waals surface area contributed by atoms with Gasteiger partial charge in [0, 0.05) is 6.42 Å². The number of carbonyl (C=O) groups is 1. The van der Waals surface area contributed by atoms with Gasteiger partial charge in [0.05, 0.1) is 25.4 Å². The van der Waals surface area contributed by atoms with E-state index in [1.54, 1.807) is 6.08 Å². The molecule has 1 saturated heterocycles. The van der Waals surface area contributed by atoms with E-state index in [4.69, 9.17) is 9.47 Å². The molecule has 1 amide bonds. The number of amides is 1. The van der Waals surface area contributed by atoms with Gasteiger partial charge in [-0.3, -0.25) is 4.79 Å². The summed E-state index contributed by atoms with van der Waals surface area (Å²) in [6.07, 6.45) is 69.5. The second-order valence-corrected chi connectivity index (χ2v) is 23.6. The van der Waals surface area contributed by atoms with Crippen molar-refractivity contribution < 1.29 is 39.8 Å². The molecule has 0 bridgehead atoms. The third-order valence-corrected chi connectivity index (χ3v) is 16.2. The van der Waals surface area contributed by atoms with Crippen LogP contribution in [0.1, 0.15) is 335 Å². The number of hydrogen-bond acceptors (Lipinski definition) is 8. The van der Waals surface area contributed by atoms with Crippen molar-refractivity contribution in [3.05, 3.63) is 36.5 Å². The van der Waals surface area contributed by atoms with Gasteiger partial charge in [-0.15, -0.1) is 0 Å². The van der Waals surface area contributed by atoms with Crippen LogP contribution < -0.4 is 5.32 Å². The molecule has 454 valence electrons. The van der Waals surface area contributed by atoms with Crippen molar-refractivity contribution in [2.45, 2.75) is 378 Å². The van der Waals surface area contributed by atoms with Crippen LogP contribution in [0.15, 0.2) is 36.5 Å². The van der Waals surface area contributed by atoms with E-state index in [1.165, 1.54) is 270 Å². The molecule has 0 aromatic carbocycles. The second-order valence-electron chi connectivity index (χ2n) is 23.6. The number of unbranched alkanes of at least 4 members (excludes halogenated alkanes) is 45. The van der Waals surface area contributed by atoms with E-state index >= 15 is 0 Å². The van der Waals surface area contributed by atoms with E-state index in [2.05, 4.69) is 43.5 Å². The molecule has 0 saturated carbocycles. The molecule has 6 N–H and O–H groups in total. The second kappa shape index (κ2) is 57.6. The van der Waals surface area contributed by atoms with Crippen molar-refractivity contribution in [1.82, 2.24) is 5.32 Å². The molecule has 1 rings (SSSR count). The summed E-state index contributed by atoms with van der Waals surface area (Å²) in [6.45, 7) is 3.83. The first kappa shape index (κ1) is 73.4. The molecular formula is C68H129NO8. The van der Waals surface area contributed by atoms with Crippen LogP contribution in [0.25, 0.3) is 0 Å². The summed E-state index contributed by atoms with van der Waals surface area (Å²) in [4.78, 5) is 13.1. The predicted octanol–water partition coefficient (Wildman–Crippen LogP) is 17.9. The first-order valence-electron chi connectivity index (χ1n) is 33.7. The molecule has 1 fully saturated rings. The average molecular weight is 1090 g/mol. The summed E-state index contributed by atoms with van der Waals surface area (Å²) in [6, 6.07) is -0.805. The zero-order chi connectivity index (χ0) is 55.8. The fourth-order valence-electron chi connectivity index (χ4n) is 10.9. The fourth-order valence-corrected chi connectivity index (χ4v) is 10.9. The van der Waals surface area contributed by atoms with Gasteiger partial charge >= 0.3 is 0 Å². The quantitative estimate of drug-likeness (QED) is 0.0261. The number of nitrogens with one attached hydrogen (secondary N) is 1. The van der Waals surface area contributed by atoms with E-state index in [0.29, 0.717) is 6.42 Å². The van der Waals surface area contributed by atoms with E-state index in [9.17, 15) is 30.3 Å². The topological polar surface area (TPSA) is 149 Å². The molecular weight excluding hydrogens is 959 g/mol. The molecule has 1 heterocycles. The van der Waals surface area contributed by atoms with Crippen LogP contribution in [0.5, 0.6) is 0 Å². The van der Waals surface area contributed by atoms with E-state index in [0.717, 1.165) is 44.9 Å². The lowest BCUT2D eigenvalue weighted by Crippen LogP contribution is -2.60. The summed E-state index contributed by atoms with van der Waals surface area (Å²) in [5.74, 6) is -0.172. The SMILES string of the molecule is CCCCCCCCCCC/C=C\C/C=C\CCCCCCCCCCCCCCCCCC(=O)NC(COC1OC(CO)C(O)C(O)C1O)C(O)/C=C/CCCCCCCCCCCCCCCCCCCCCCC. The Labute approximate surface area is 476 Å². The van der Waals surface area contributed by atoms with Crippen molar-refractivity contribution in [3.63, 3.8) is 0 Å². The molecule has 1 aliphatic rings. The van der Waals surface area contributed by atoms with Crippen LogP contribution in [0.2, 0.25) is 0 Å². The van der Waals surface area contributed by atoms with Crippen LogP contribution in [-0.2, 0) is 14.3 Å². The third-order valence-electron chi connectivity index (χ3n) is 16.2. The number of allylic oxidation sites excluding steroid dienone is 5. The Balaban J connectivity index is 2.14. The van der Waals surface area contributed by atoms with Crippen LogP contribution in [-0.4, -0.2) is 87.5 Å². The highest BCUT2D eigenvalue weighted by Gasteiger charge is 2.44. The summed E-state index contributed by atoms with van der Waals surface area (Å²) in [5.41, 5.74) is 0. The number of aliphatic hydroxyl groups excluding tert-OH is 5. The lowest BCUT2D eigenvalue weighted by Gasteiger charge is -2.40. The fraction of sp³-hybridized carbons (Fsp3) is 0.897. The Kier molecular flexibility index (Phi) is 55.0. The van der Waals surface area contributed by atoms with Crippen molar-refractivity contribution >= 4 is 5.91 Å². The van der Waals surface area contributed by atoms with E-state index < -0.39 is 49.5 Å². The standard InChI is InChI=1S/C68H129NO8/c1-3-5-7-9-11-13-15-17-19-21-23-25-27-28-29-30-31-32-33-34-36-38-40-42-44-46-48-50-52-54-56-58-64(72)69-61(60-76-68-67(75)66(74)65(73)63(59-70)77-68)62(71)57-55-53-51-49-47-45-43-41-39-37-35-26-24-22-20-18-16-14-12-10-8-6-4-2/h23,25,28-29,55,57,61-63,65-68,70-71,73-75H,3-22,24,26-27,30-54,56,58-60H2,1-2H3,(H,69,72)/b25-23-,29-28-,57-55+. The highest BCUT2D eigenvalue weighted by atomic mass is 16.7. The van der Waals surface area contributed by atoms with Gasteiger partial charge in [-0.1, -0.05) is 314 Å². The van der Waals surface area contributed by atoms with Crippen molar-refractivity contribution in [3.8, 4) is 0 Å². The maximum absolute atomic E-state index is 13.1. The minimum atomic E-state index is -1.57. The first-order valence-corrected chi connectivity index (χ1v) is 33.7. The molecule has 9 nitrogen and oxygen atoms in total. The van der Waals surface area contributed by atoms with Crippen molar-refractivity contribution in [2.75, 3.05) is 13.2 Å². The van der Waals surface area contributed by atoms with Crippen LogP contribution in [0.3, 0.4) is 0 Å². The Morgan fingerprint density at radius 1 is 0.442 bits per heavy atom. The zero-order valence-electron chi connectivity index (χ0n) is 50.7. The number of ether oxygens (including phenoxy) is 2. The molecule has 7 atom stereocenters. The molecule has 7 unspecified atom stereocenters. The Morgan fingerprint density at radius 2 is 0.766 bits per heavy atom. The summed E-state index contributed by atoms with van der Waals surface area (Å²) in [7, 11) is 0. The molecule has 0 aliphatic carbocycles. The molecule has 0 radical (unpaired) electrons. The van der Waals surface area contributed by atoms with Crippen LogP contribution in [0.4, 0.5) is 0 Å². The Hall–Kier alpha value is -1.59. The van der Waals surface area contributed by atoms with Gasteiger partial charge in [-0.05, 0) is 51.4 Å². The molecule has 77 heavy (non-hydrogen) atoms. The first-order chi connectivity index (χ1) is 37.8. The number of rotatable bonds is 59. The highest BCUT2D eigenvalue weighted by molar-refractivity contribution is 5.76. The summed E-state index contributed by atoms with van der Waals surface area (Å²) >= 11 is 0. The lowest BCUT2D eigenvalue weighted by atomic mass is 9.99. The van der Waals surface area contributed by atoms with Gasteiger partial charge in [0.25, 0.3) is 0 Å². The van der Waals surface area contributed by atoms with Gasteiger partial charge in [0.15, 0.2) is 6.29 Å². The molecule has 1 aliphatic heterocycles. The van der Waals surface area contributed by atoms with Gasteiger partial charge in [-0.25, -0.2) is 0 Å². The smallest absolute Gasteiger partial charge is 0.220 e. The van der Waals surface area contributed by atoms with Crippen LogP contribution in [0, 0.1) is 0 Å². The summed E-state index contributed by atoms with van der Waals surface area (Å²) < 4.78 is 11.3.